The molecule has 0 aliphatic heterocycles. The number of amides is 2. The number of aliphatic hydroxyl groups is 1. The van der Waals surface area contributed by atoms with Crippen molar-refractivity contribution in [2.45, 2.75) is 45.2 Å². The van der Waals surface area contributed by atoms with Crippen molar-refractivity contribution in [1.82, 2.24) is 10.6 Å². The van der Waals surface area contributed by atoms with E-state index in [1.54, 1.807) is 27.7 Å². The van der Waals surface area contributed by atoms with Crippen molar-refractivity contribution in [3.05, 3.63) is 59.7 Å². The maximum Gasteiger partial charge on any atom is 0.407 e. The van der Waals surface area contributed by atoms with Gasteiger partial charge in [-0.2, -0.15) is 0 Å². The van der Waals surface area contributed by atoms with E-state index in [0.29, 0.717) is 0 Å². The largest absolute Gasteiger partial charge is 0.480 e. The van der Waals surface area contributed by atoms with Gasteiger partial charge in [-0.1, -0.05) is 48.5 Å². The van der Waals surface area contributed by atoms with E-state index >= 15 is 0 Å². The molecule has 176 valence electrons. The molecule has 2 amide bonds. The van der Waals surface area contributed by atoms with Crippen LogP contribution in [0.3, 0.4) is 0 Å². The molecule has 1 aliphatic carbocycles. The molecule has 2 aromatic carbocycles. The normalized spacial score (nSPS) is 14.1. The van der Waals surface area contributed by atoms with Crippen LogP contribution in [-0.4, -0.2) is 53.0 Å². The third-order valence-electron chi connectivity index (χ3n) is 6.67. The molecule has 2 aromatic rings. The van der Waals surface area contributed by atoms with Crippen LogP contribution in [0.4, 0.5) is 4.79 Å². The lowest BCUT2D eigenvalue weighted by Gasteiger charge is -2.40. The Balaban J connectivity index is 1.68. The first-order valence-corrected chi connectivity index (χ1v) is 10.8. The van der Waals surface area contributed by atoms with Crippen molar-refractivity contribution in [2.75, 3.05) is 13.2 Å². The number of alkyl carbamates (subject to hydrolysis) is 1. The minimum Gasteiger partial charge on any atom is -0.480 e. The molecule has 0 aromatic heterocycles. The fourth-order valence-electron chi connectivity index (χ4n) is 3.85. The van der Waals surface area contributed by atoms with E-state index < -0.39 is 41.6 Å². The predicted octanol–water partition coefficient (Wildman–Crippen LogP) is 2.89. The SMILES string of the molecule is CC(C)(NC(=O)OCC1c2ccccc2-c2ccccc21)C(C)(C)C(=O)NC(CO)C(=O)O. The number of nitrogens with one attached hydrogen (secondary N) is 2. The van der Waals surface area contributed by atoms with Crippen LogP contribution in [0.2, 0.25) is 0 Å². The van der Waals surface area contributed by atoms with Crippen LogP contribution in [0.5, 0.6) is 0 Å². The fourth-order valence-corrected chi connectivity index (χ4v) is 3.85. The molecule has 0 saturated heterocycles. The highest BCUT2D eigenvalue weighted by Gasteiger charge is 2.45. The minimum atomic E-state index is -1.43. The summed E-state index contributed by atoms with van der Waals surface area (Å²) in [5.74, 6) is -2.06. The predicted molar refractivity (Wildman–Crippen MR) is 123 cm³/mol. The topological polar surface area (TPSA) is 125 Å². The monoisotopic (exact) mass is 454 g/mol. The van der Waals surface area contributed by atoms with Crippen LogP contribution in [0.1, 0.15) is 44.7 Å². The van der Waals surface area contributed by atoms with Gasteiger partial charge in [-0.25, -0.2) is 9.59 Å². The number of hydrogen-bond acceptors (Lipinski definition) is 5. The molecule has 0 saturated carbocycles. The lowest BCUT2D eigenvalue weighted by atomic mass is 9.73. The molecule has 1 unspecified atom stereocenters. The number of carboxylic acids is 1. The van der Waals surface area contributed by atoms with E-state index in [0.717, 1.165) is 22.3 Å². The van der Waals surface area contributed by atoms with Gasteiger partial charge in [0.25, 0.3) is 0 Å². The van der Waals surface area contributed by atoms with Gasteiger partial charge in [-0.05, 0) is 49.9 Å². The lowest BCUT2D eigenvalue weighted by molar-refractivity contribution is -0.145. The van der Waals surface area contributed by atoms with Crippen molar-refractivity contribution in [1.29, 1.82) is 0 Å². The van der Waals surface area contributed by atoms with Crippen molar-refractivity contribution < 1.29 is 29.3 Å². The van der Waals surface area contributed by atoms with Crippen LogP contribution in [-0.2, 0) is 14.3 Å². The summed E-state index contributed by atoms with van der Waals surface area (Å²) >= 11 is 0. The number of aliphatic hydroxyl groups excluding tert-OH is 1. The van der Waals surface area contributed by atoms with Gasteiger partial charge in [-0.15, -0.1) is 0 Å². The van der Waals surface area contributed by atoms with Crippen LogP contribution in [0.25, 0.3) is 11.1 Å². The number of carbonyl (C=O) groups is 3. The van der Waals surface area contributed by atoms with Gasteiger partial charge in [0.15, 0.2) is 0 Å². The molecule has 0 spiro atoms. The van der Waals surface area contributed by atoms with Gasteiger partial charge in [0.1, 0.15) is 12.6 Å². The molecule has 33 heavy (non-hydrogen) atoms. The first kappa shape index (κ1) is 24.3. The Morgan fingerprint density at radius 3 is 1.97 bits per heavy atom. The third kappa shape index (κ3) is 4.71. The smallest absolute Gasteiger partial charge is 0.407 e. The number of hydrogen-bond donors (Lipinski definition) is 4. The van der Waals surface area contributed by atoms with E-state index in [4.69, 9.17) is 9.84 Å². The minimum absolute atomic E-state index is 0.0940. The van der Waals surface area contributed by atoms with E-state index in [-0.39, 0.29) is 12.5 Å². The van der Waals surface area contributed by atoms with E-state index in [1.165, 1.54) is 0 Å². The third-order valence-corrected chi connectivity index (χ3v) is 6.67. The number of benzene rings is 2. The second-order valence-corrected chi connectivity index (χ2v) is 9.25. The zero-order chi connectivity index (χ0) is 24.4. The number of carbonyl (C=O) groups excluding carboxylic acids is 2. The highest BCUT2D eigenvalue weighted by atomic mass is 16.5. The molecule has 0 bridgehead atoms. The van der Waals surface area contributed by atoms with E-state index in [2.05, 4.69) is 22.8 Å². The van der Waals surface area contributed by atoms with Crippen molar-refractivity contribution in [3.63, 3.8) is 0 Å². The molecular formula is C25H30N2O6. The highest BCUT2D eigenvalue weighted by molar-refractivity contribution is 5.88. The maximum absolute atomic E-state index is 12.7. The second kappa shape index (κ2) is 9.23. The molecule has 1 aliphatic rings. The number of aliphatic carboxylic acids is 1. The molecule has 0 heterocycles. The average Bonchev–Trinajstić information content (AvgIpc) is 3.09. The summed E-state index contributed by atoms with van der Waals surface area (Å²) in [7, 11) is 0. The Bertz CT molecular complexity index is 1020. The Hall–Kier alpha value is -3.39. The van der Waals surface area contributed by atoms with Crippen LogP contribution < -0.4 is 10.6 Å². The first-order valence-electron chi connectivity index (χ1n) is 10.8. The van der Waals surface area contributed by atoms with Crippen LogP contribution in [0.15, 0.2) is 48.5 Å². The standard InChI is InChI=1S/C25H30N2O6/c1-24(2,22(31)26-20(13-28)21(29)30)25(3,4)27-23(32)33-14-19-17-11-7-5-9-15(17)16-10-6-8-12-18(16)19/h5-12,19-20,28H,13-14H2,1-4H3,(H,26,31)(H,27,32)(H,29,30). The van der Waals surface area contributed by atoms with Crippen LogP contribution in [0, 0.1) is 5.41 Å². The van der Waals surface area contributed by atoms with E-state index in [1.807, 2.05) is 36.4 Å². The molecule has 4 N–H and O–H groups in total. The van der Waals surface area contributed by atoms with Gasteiger partial charge in [0, 0.05) is 5.92 Å². The summed E-state index contributed by atoms with van der Waals surface area (Å²) in [6, 6.07) is 14.6. The molecule has 0 fully saturated rings. The number of fused-ring (bicyclic) bond motifs is 3. The number of rotatable bonds is 8. The maximum atomic E-state index is 12.7. The van der Waals surface area contributed by atoms with Gasteiger partial charge in [0.05, 0.1) is 17.6 Å². The highest BCUT2D eigenvalue weighted by Crippen LogP contribution is 2.44. The summed E-state index contributed by atoms with van der Waals surface area (Å²) in [4.78, 5) is 36.6. The first-order chi connectivity index (χ1) is 15.5. The number of carboxylic acid groups (broad SMARTS) is 1. The van der Waals surface area contributed by atoms with Gasteiger partial charge in [0.2, 0.25) is 5.91 Å². The summed E-state index contributed by atoms with van der Waals surface area (Å²) in [6.45, 7) is 5.88. The molecule has 3 rings (SSSR count). The van der Waals surface area contributed by atoms with Crippen molar-refractivity contribution in [2.24, 2.45) is 5.41 Å². The molecule has 8 nitrogen and oxygen atoms in total. The van der Waals surface area contributed by atoms with Gasteiger partial charge in [-0.3, -0.25) is 4.79 Å². The summed E-state index contributed by atoms with van der Waals surface area (Å²) in [5, 5.41) is 23.3. The second-order valence-electron chi connectivity index (χ2n) is 9.25. The zero-order valence-electron chi connectivity index (χ0n) is 19.2. The van der Waals surface area contributed by atoms with Gasteiger partial charge >= 0.3 is 12.1 Å². The van der Waals surface area contributed by atoms with Crippen molar-refractivity contribution in [3.8, 4) is 11.1 Å². The van der Waals surface area contributed by atoms with E-state index in [9.17, 15) is 19.5 Å². The quantitative estimate of drug-likeness (QED) is 0.486. The Morgan fingerprint density at radius 1 is 0.970 bits per heavy atom. The summed E-state index contributed by atoms with van der Waals surface area (Å²) < 4.78 is 5.58. The molecule has 0 radical (unpaired) electrons. The number of ether oxygens (including phenoxy) is 1. The van der Waals surface area contributed by atoms with Crippen LogP contribution >= 0.6 is 0 Å². The van der Waals surface area contributed by atoms with Gasteiger partial charge < -0.3 is 25.6 Å². The average molecular weight is 455 g/mol. The summed E-state index contributed by atoms with van der Waals surface area (Å²) in [5.41, 5.74) is 2.14. The summed E-state index contributed by atoms with van der Waals surface area (Å²) in [6.07, 6.45) is -0.681. The zero-order valence-corrected chi connectivity index (χ0v) is 19.2. The lowest BCUT2D eigenvalue weighted by Crippen LogP contribution is -2.61. The fraction of sp³-hybridized carbons (Fsp3) is 0.400. The Morgan fingerprint density at radius 2 is 1.48 bits per heavy atom. The Kier molecular flexibility index (Phi) is 6.78. The molecular weight excluding hydrogens is 424 g/mol. The van der Waals surface area contributed by atoms with Crippen molar-refractivity contribution >= 4 is 18.0 Å². The Labute approximate surface area is 193 Å². The molecule has 1 atom stereocenters. The molecule has 8 heteroatoms.